The lowest BCUT2D eigenvalue weighted by atomic mass is 10.2. The fourth-order valence-corrected chi connectivity index (χ4v) is 1.62. The molecule has 0 saturated heterocycles. The molecule has 1 atom stereocenters. The van der Waals surface area contributed by atoms with Gasteiger partial charge in [-0.05, 0) is 32.5 Å². The van der Waals surface area contributed by atoms with Gasteiger partial charge in [0, 0.05) is 0 Å². The predicted octanol–water partition coefficient (Wildman–Crippen LogP) is 0.884. The van der Waals surface area contributed by atoms with Crippen LogP contribution in [0, 0.1) is 0 Å². The van der Waals surface area contributed by atoms with E-state index in [9.17, 15) is 0 Å². The van der Waals surface area contributed by atoms with Crippen LogP contribution in [-0.4, -0.2) is 41.1 Å². The summed E-state index contributed by atoms with van der Waals surface area (Å²) in [5, 5.41) is 3.87. The van der Waals surface area contributed by atoms with Crippen LogP contribution in [0.3, 0.4) is 0 Å². The molecule has 0 aromatic carbocycles. The van der Waals surface area contributed by atoms with Crippen LogP contribution >= 0.6 is 11.8 Å². The molecule has 1 aromatic rings. The van der Waals surface area contributed by atoms with Gasteiger partial charge >= 0.3 is 0 Å². The average Bonchev–Trinajstić information content (AvgIpc) is 2.61. The Morgan fingerprint density at radius 3 is 2.87 bits per heavy atom. The van der Waals surface area contributed by atoms with E-state index in [0.717, 1.165) is 12.2 Å². The molecule has 6 heteroatoms. The largest absolute Gasteiger partial charge is 0.338 e. The summed E-state index contributed by atoms with van der Waals surface area (Å²) in [6.45, 7) is 0.679. The van der Waals surface area contributed by atoms with Crippen molar-refractivity contribution in [3.05, 3.63) is 11.7 Å². The first-order valence-corrected chi connectivity index (χ1v) is 6.24. The zero-order valence-electron chi connectivity index (χ0n) is 9.43. The van der Waals surface area contributed by atoms with Gasteiger partial charge in [0.1, 0.15) is 0 Å². The Morgan fingerprint density at radius 1 is 1.53 bits per heavy atom. The van der Waals surface area contributed by atoms with E-state index in [1.165, 1.54) is 0 Å². The van der Waals surface area contributed by atoms with E-state index in [1.807, 2.05) is 19.0 Å². The highest BCUT2D eigenvalue weighted by Gasteiger charge is 2.14. The van der Waals surface area contributed by atoms with Crippen LogP contribution in [0.2, 0.25) is 0 Å². The summed E-state index contributed by atoms with van der Waals surface area (Å²) < 4.78 is 5.10. The molecule has 0 aliphatic carbocycles. The van der Waals surface area contributed by atoms with Gasteiger partial charge in [-0.1, -0.05) is 5.16 Å². The second kappa shape index (κ2) is 6.09. The molecule has 1 heterocycles. The molecule has 0 saturated carbocycles. The highest BCUT2D eigenvalue weighted by atomic mass is 32.2. The molecule has 15 heavy (non-hydrogen) atoms. The molecule has 0 unspecified atom stereocenters. The van der Waals surface area contributed by atoms with Crippen molar-refractivity contribution in [2.45, 2.75) is 19.0 Å². The monoisotopic (exact) mass is 230 g/mol. The molecule has 1 rings (SSSR count). The van der Waals surface area contributed by atoms with Gasteiger partial charge < -0.3 is 15.2 Å². The minimum absolute atomic E-state index is 0.138. The number of aromatic nitrogens is 2. The van der Waals surface area contributed by atoms with Gasteiger partial charge in [-0.25, -0.2) is 0 Å². The first kappa shape index (κ1) is 12.5. The van der Waals surface area contributed by atoms with E-state index >= 15 is 0 Å². The summed E-state index contributed by atoms with van der Waals surface area (Å²) >= 11 is 1.76. The standard InChI is InChI=1S/C9H18N4OS/c1-13(2)6-8-11-9(14-12-8)7(10)4-5-15-3/h7H,4-6,10H2,1-3H3/t7-/m0/s1. The lowest BCUT2D eigenvalue weighted by Crippen LogP contribution is -2.13. The van der Waals surface area contributed by atoms with E-state index in [1.54, 1.807) is 11.8 Å². The van der Waals surface area contributed by atoms with Crippen molar-refractivity contribution in [2.75, 3.05) is 26.1 Å². The van der Waals surface area contributed by atoms with E-state index in [4.69, 9.17) is 10.3 Å². The van der Waals surface area contributed by atoms with Gasteiger partial charge in [0.25, 0.3) is 0 Å². The summed E-state index contributed by atoms with van der Waals surface area (Å²) in [7, 11) is 3.92. The lowest BCUT2D eigenvalue weighted by Gasteiger charge is -2.04. The van der Waals surface area contributed by atoms with Crippen LogP contribution in [0.5, 0.6) is 0 Å². The van der Waals surface area contributed by atoms with Crippen molar-refractivity contribution < 1.29 is 4.52 Å². The summed E-state index contributed by atoms with van der Waals surface area (Å²) in [6, 6.07) is -0.138. The van der Waals surface area contributed by atoms with Crippen LogP contribution in [0.4, 0.5) is 0 Å². The zero-order valence-corrected chi connectivity index (χ0v) is 10.3. The second-order valence-electron chi connectivity index (χ2n) is 3.67. The second-order valence-corrected chi connectivity index (χ2v) is 4.66. The van der Waals surface area contributed by atoms with Crippen LogP contribution in [0.1, 0.15) is 24.2 Å². The summed E-state index contributed by atoms with van der Waals surface area (Å²) in [5.41, 5.74) is 5.90. The normalized spacial score (nSPS) is 13.4. The van der Waals surface area contributed by atoms with E-state index in [0.29, 0.717) is 18.3 Å². The molecular weight excluding hydrogens is 212 g/mol. The molecule has 2 N–H and O–H groups in total. The van der Waals surface area contributed by atoms with Gasteiger partial charge in [0.2, 0.25) is 5.89 Å². The van der Waals surface area contributed by atoms with Gasteiger partial charge in [-0.15, -0.1) is 0 Å². The van der Waals surface area contributed by atoms with Gasteiger partial charge in [-0.3, -0.25) is 0 Å². The maximum Gasteiger partial charge on any atom is 0.243 e. The van der Waals surface area contributed by atoms with Crippen molar-refractivity contribution in [3.63, 3.8) is 0 Å². The number of hydrogen-bond donors (Lipinski definition) is 1. The topological polar surface area (TPSA) is 68.2 Å². The van der Waals surface area contributed by atoms with Gasteiger partial charge in [0.15, 0.2) is 5.82 Å². The van der Waals surface area contributed by atoms with E-state index in [-0.39, 0.29) is 6.04 Å². The zero-order chi connectivity index (χ0) is 11.3. The van der Waals surface area contributed by atoms with E-state index < -0.39 is 0 Å². The third kappa shape index (κ3) is 4.19. The van der Waals surface area contributed by atoms with Crippen LogP contribution in [0.15, 0.2) is 4.52 Å². The highest BCUT2D eigenvalue weighted by molar-refractivity contribution is 7.98. The van der Waals surface area contributed by atoms with Crippen LogP contribution in [0.25, 0.3) is 0 Å². The van der Waals surface area contributed by atoms with Crippen molar-refractivity contribution in [3.8, 4) is 0 Å². The molecule has 86 valence electrons. The van der Waals surface area contributed by atoms with Crippen molar-refractivity contribution in [2.24, 2.45) is 5.73 Å². The van der Waals surface area contributed by atoms with Crippen molar-refractivity contribution in [1.82, 2.24) is 15.0 Å². The molecule has 0 radical (unpaired) electrons. The molecule has 0 aliphatic heterocycles. The minimum Gasteiger partial charge on any atom is -0.338 e. The minimum atomic E-state index is -0.138. The summed E-state index contributed by atoms with van der Waals surface area (Å²) in [4.78, 5) is 6.24. The molecular formula is C9H18N4OS. The maximum atomic E-state index is 5.90. The first-order valence-electron chi connectivity index (χ1n) is 4.85. The summed E-state index contributed by atoms with van der Waals surface area (Å²) in [6.07, 6.45) is 2.92. The lowest BCUT2D eigenvalue weighted by molar-refractivity contribution is 0.335. The highest BCUT2D eigenvalue weighted by Crippen LogP contribution is 2.14. The Hall–Kier alpha value is -0.590. The Bertz CT molecular complexity index is 289. The Balaban J connectivity index is 2.51. The number of rotatable bonds is 6. The number of nitrogens with zero attached hydrogens (tertiary/aromatic N) is 3. The number of thioether (sulfide) groups is 1. The van der Waals surface area contributed by atoms with Gasteiger partial charge in [-0.2, -0.15) is 16.7 Å². The average molecular weight is 230 g/mol. The molecule has 0 fully saturated rings. The van der Waals surface area contributed by atoms with E-state index in [2.05, 4.69) is 16.4 Å². The third-order valence-electron chi connectivity index (χ3n) is 1.89. The number of nitrogens with two attached hydrogens (primary N) is 1. The Labute approximate surface area is 94.4 Å². The summed E-state index contributed by atoms with van der Waals surface area (Å²) in [5.74, 6) is 2.24. The molecule has 5 nitrogen and oxygen atoms in total. The smallest absolute Gasteiger partial charge is 0.243 e. The molecule has 0 bridgehead atoms. The predicted molar refractivity (Wildman–Crippen MR) is 61.6 cm³/mol. The van der Waals surface area contributed by atoms with Crippen molar-refractivity contribution in [1.29, 1.82) is 0 Å². The van der Waals surface area contributed by atoms with Crippen LogP contribution in [-0.2, 0) is 6.54 Å². The fourth-order valence-electron chi connectivity index (χ4n) is 1.13. The first-order chi connectivity index (χ1) is 7.13. The number of hydrogen-bond acceptors (Lipinski definition) is 6. The SMILES string of the molecule is CSCC[C@H](N)c1nc(CN(C)C)no1. The van der Waals surface area contributed by atoms with Crippen molar-refractivity contribution >= 4 is 11.8 Å². The molecule has 0 spiro atoms. The Morgan fingerprint density at radius 2 is 2.27 bits per heavy atom. The van der Waals surface area contributed by atoms with Gasteiger partial charge in [0.05, 0.1) is 12.6 Å². The molecule has 0 amide bonds. The van der Waals surface area contributed by atoms with Crippen LogP contribution < -0.4 is 5.73 Å². The Kier molecular flexibility index (Phi) is 5.07. The maximum absolute atomic E-state index is 5.90. The fraction of sp³-hybridized carbons (Fsp3) is 0.778. The quantitative estimate of drug-likeness (QED) is 0.782. The molecule has 1 aromatic heterocycles. The third-order valence-corrected chi connectivity index (χ3v) is 2.54. The molecule has 0 aliphatic rings.